The summed E-state index contributed by atoms with van der Waals surface area (Å²) < 4.78 is 2.40. The fourth-order valence-electron chi connectivity index (χ4n) is 1.37. The molecule has 0 aliphatic heterocycles. The molecule has 1 N–H and O–H groups in total. The summed E-state index contributed by atoms with van der Waals surface area (Å²) in [7, 11) is 0. The first-order valence-corrected chi connectivity index (χ1v) is 5.43. The molecule has 0 aliphatic rings. The number of benzene rings is 1. The zero-order valence-electron chi connectivity index (χ0n) is 8.51. The van der Waals surface area contributed by atoms with Crippen LogP contribution in [-0.4, -0.2) is 20.9 Å². The Bertz CT molecular complexity index is 549. The van der Waals surface area contributed by atoms with Crippen LogP contribution in [0.15, 0.2) is 34.9 Å². The van der Waals surface area contributed by atoms with E-state index in [1.165, 1.54) is 0 Å². The van der Waals surface area contributed by atoms with Crippen molar-refractivity contribution in [2.24, 2.45) is 0 Å². The minimum absolute atomic E-state index is 0.250. The van der Waals surface area contributed by atoms with Crippen LogP contribution >= 0.6 is 15.9 Å². The Morgan fingerprint density at radius 1 is 1.44 bits per heavy atom. The molecule has 0 saturated heterocycles. The number of aryl methyl sites for hydroxylation is 1. The molecule has 16 heavy (non-hydrogen) atoms. The molecule has 1 aromatic carbocycles. The van der Waals surface area contributed by atoms with Gasteiger partial charge in [-0.3, -0.25) is 0 Å². The molecule has 1 heterocycles. The Hall–Kier alpha value is -1.62. The standard InChI is InChI=1S/C11H9BrN2O2/c1-7-4-5-14(13-7)10-3-2-8(11(15)16)6-9(10)12/h2-6H,1H3,(H,15,16). The van der Waals surface area contributed by atoms with Crippen molar-refractivity contribution in [2.75, 3.05) is 0 Å². The van der Waals surface area contributed by atoms with Crippen LogP contribution in [0.4, 0.5) is 0 Å². The number of carboxylic acid groups (broad SMARTS) is 1. The fraction of sp³-hybridized carbons (Fsp3) is 0.0909. The molecule has 0 fully saturated rings. The van der Waals surface area contributed by atoms with Crippen LogP contribution in [0.2, 0.25) is 0 Å². The number of nitrogens with zero attached hydrogens (tertiary/aromatic N) is 2. The Kier molecular flexibility index (Phi) is 2.78. The summed E-state index contributed by atoms with van der Waals surface area (Å²) >= 11 is 3.34. The molecule has 2 rings (SSSR count). The summed E-state index contributed by atoms with van der Waals surface area (Å²) in [6.07, 6.45) is 1.83. The number of carboxylic acids is 1. The van der Waals surface area contributed by atoms with E-state index in [-0.39, 0.29) is 5.56 Å². The topological polar surface area (TPSA) is 55.1 Å². The first-order valence-electron chi connectivity index (χ1n) is 4.63. The number of carbonyl (C=O) groups is 1. The number of aromatic nitrogens is 2. The summed E-state index contributed by atoms with van der Waals surface area (Å²) in [6, 6.07) is 6.73. The van der Waals surface area contributed by atoms with Crippen molar-refractivity contribution in [2.45, 2.75) is 6.92 Å². The summed E-state index contributed by atoms with van der Waals surface area (Å²) in [5.41, 5.74) is 1.98. The average molecular weight is 281 g/mol. The van der Waals surface area contributed by atoms with Gasteiger partial charge in [0.25, 0.3) is 0 Å². The van der Waals surface area contributed by atoms with Crippen molar-refractivity contribution in [3.63, 3.8) is 0 Å². The third-order valence-corrected chi connectivity index (χ3v) is 2.80. The first kappa shape index (κ1) is 10.9. The molecule has 0 aliphatic carbocycles. The molecular formula is C11H9BrN2O2. The van der Waals surface area contributed by atoms with E-state index in [0.29, 0.717) is 4.47 Å². The predicted octanol–water partition coefficient (Wildman–Crippen LogP) is 2.64. The molecule has 0 atom stereocenters. The second-order valence-electron chi connectivity index (χ2n) is 3.37. The summed E-state index contributed by atoms with van der Waals surface area (Å²) in [5.74, 6) is -0.941. The lowest BCUT2D eigenvalue weighted by Gasteiger charge is -2.05. The van der Waals surface area contributed by atoms with Crippen LogP contribution in [0.5, 0.6) is 0 Å². The fourth-order valence-corrected chi connectivity index (χ4v) is 1.94. The highest BCUT2D eigenvalue weighted by Crippen LogP contribution is 2.22. The number of aromatic carboxylic acids is 1. The van der Waals surface area contributed by atoms with E-state index < -0.39 is 5.97 Å². The third kappa shape index (κ3) is 1.99. The van der Waals surface area contributed by atoms with E-state index in [4.69, 9.17) is 5.11 Å². The van der Waals surface area contributed by atoms with Gasteiger partial charge >= 0.3 is 5.97 Å². The molecule has 0 saturated carbocycles. The van der Waals surface area contributed by atoms with Crippen LogP contribution in [-0.2, 0) is 0 Å². The molecule has 2 aromatic rings. The summed E-state index contributed by atoms with van der Waals surface area (Å²) in [4.78, 5) is 10.8. The van der Waals surface area contributed by atoms with Crippen molar-refractivity contribution in [1.82, 2.24) is 9.78 Å². The maximum atomic E-state index is 10.8. The second-order valence-corrected chi connectivity index (χ2v) is 4.23. The maximum Gasteiger partial charge on any atom is 0.335 e. The van der Waals surface area contributed by atoms with Gasteiger partial charge in [0, 0.05) is 10.7 Å². The Balaban J connectivity index is 2.47. The third-order valence-electron chi connectivity index (χ3n) is 2.16. The van der Waals surface area contributed by atoms with Crippen molar-refractivity contribution in [3.05, 3.63) is 46.2 Å². The van der Waals surface area contributed by atoms with Crippen LogP contribution in [0.3, 0.4) is 0 Å². The van der Waals surface area contributed by atoms with Crippen molar-refractivity contribution < 1.29 is 9.90 Å². The van der Waals surface area contributed by atoms with Gasteiger partial charge in [0.05, 0.1) is 16.9 Å². The van der Waals surface area contributed by atoms with E-state index in [0.717, 1.165) is 11.4 Å². The second kappa shape index (κ2) is 4.09. The molecule has 1 aromatic heterocycles. The van der Waals surface area contributed by atoms with E-state index >= 15 is 0 Å². The van der Waals surface area contributed by atoms with E-state index in [1.807, 2.05) is 19.2 Å². The maximum absolute atomic E-state index is 10.8. The van der Waals surface area contributed by atoms with Crippen LogP contribution < -0.4 is 0 Å². The van der Waals surface area contributed by atoms with Gasteiger partial charge in [-0.1, -0.05) is 0 Å². The van der Waals surface area contributed by atoms with Gasteiger partial charge in [-0.25, -0.2) is 9.48 Å². The van der Waals surface area contributed by atoms with Gasteiger partial charge in [-0.2, -0.15) is 5.10 Å². The van der Waals surface area contributed by atoms with Crippen LogP contribution in [0.1, 0.15) is 16.1 Å². The highest BCUT2D eigenvalue weighted by molar-refractivity contribution is 9.10. The number of hydrogen-bond donors (Lipinski definition) is 1. The molecule has 0 spiro atoms. The van der Waals surface area contributed by atoms with Crippen LogP contribution in [0.25, 0.3) is 5.69 Å². The largest absolute Gasteiger partial charge is 0.478 e. The zero-order chi connectivity index (χ0) is 11.7. The lowest BCUT2D eigenvalue weighted by Crippen LogP contribution is -2.00. The quantitative estimate of drug-likeness (QED) is 0.920. The minimum atomic E-state index is -0.941. The monoisotopic (exact) mass is 280 g/mol. The first-order chi connectivity index (χ1) is 7.58. The Morgan fingerprint density at radius 2 is 2.19 bits per heavy atom. The van der Waals surface area contributed by atoms with Crippen molar-refractivity contribution >= 4 is 21.9 Å². The zero-order valence-corrected chi connectivity index (χ0v) is 10.1. The molecule has 0 amide bonds. The van der Waals surface area contributed by atoms with Gasteiger partial charge in [-0.05, 0) is 47.1 Å². The van der Waals surface area contributed by atoms with E-state index in [9.17, 15) is 4.79 Å². The predicted molar refractivity (Wildman–Crippen MR) is 63.0 cm³/mol. The van der Waals surface area contributed by atoms with Gasteiger partial charge < -0.3 is 5.11 Å². The molecule has 0 bridgehead atoms. The normalized spacial score (nSPS) is 10.4. The SMILES string of the molecule is Cc1ccn(-c2ccc(C(=O)O)cc2Br)n1. The summed E-state index contributed by atoms with van der Waals surface area (Å²) in [5, 5.41) is 13.1. The lowest BCUT2D eigenvalue weighted by atomic mass is 10.2. The van der Waals surface area contributed by atoms with Crippen LogP contribution in [0, 0.1) is 6.92 Å². The molecular weight excluding hydrogens is 272 g/mol. The highest BCUT2D eigenvalue weighted by atomic mass is 79.9. The molecule has 0 unspecified atom stereocenters. The number of hydrogen-bond acceptors (Lipinski definition) is 2. The molecule has 82 valence electrons. The summed E-state index contributed by atoms with van der Waals surface area (Å²) in [6.45, 7) is 1.90. The van der Waals surface area contributed by atoms with Crippen molar-refractivity contribution in [1.29, 1.82) is 0 Å². The van der Waals surface area contributed by atoms with E-state index in [2.05, 4.69) is 21.0 Å². The Labute approximate surface area is 101 Å². The lowest BCUT2D eigenvalue weighted by molar-refractivity contribution is 0.0697. The molecule has 5 heteroatoms. The van der Waals surface area contributed by atoms with Gasteiger partial charge in [-0.15, -0.1) is 0 Å². The minimum Gasteiger partial charge on any atom is -0.478 e. The van der Waals surface area contributed by atoms with Gasteiger partial charge in [0.2, 0.25) is 0 Å². The molecule has 4 nitrogen and oxygen atoms in total. The average Bonchev–Trinajstić information content (AvgIpc) is 2.64. The Morgan fingerprint density at radius 3 is 2.69 bits per heavy atom. The van der Waals surface area contributed by atoms with E-state index in [1.54, 1.807) is 22.9 Å². The van der Waals surface area contributed by atoms with Gasteiger partial charge in [0.15, 0.2) is 0 Å². The van der Waals surface area contributed by atoms with Crippen molar-refractivity contribution in [3.8, 4) is 5.69 Å². The smallest absolute Gasteiger partial charge is 0.335 e. The molecule has 0 radical (unpaired) electrons. The number of halogens is 1. The highest BCUT2D eigenvalue weighted by Gasteiger charge is 2.08. The van der Waals surface area contributed by atoms with Gasteiger partial charge in [0.1, 0.15) is 0 Å². The number of rotatable bonds is 2.